The minimum absolute atomic E-state index is 0.0406. The van der Waals surface area contributed by atoms with Crippen molar-refractivity contribution in [2.24, 2.45) is 0 Å². The summed E-state index contributed by atoms with van der Waals surface area (Å²) in [6.45, 7) is 0.0324. The quantitative estimate of drug-likeness (QED) is 0.863. The van der Waals surface area contributed by atoms with E-state index in [4.69, 9.17) is 23.2 Å². The Hall–Kier alpha value is -0.810. The molecule has 1 unspecified atom stereocenters. The molecule has 0 aliphatic carbocycles. The van der Waals surface area contributed by atoms with E-state index >= 15 is 0 Å². The fourth-order valence-electron chi connectivity index (χ4n) is 1.27. The SMILES string of the molecule is COCC(=O)NCC(O)c1ccc(Cl)cc1Cl. The Kier molecular flexibility index (Phi) is 5.71. The second-order valence-corrected chi connectivity index (χ2v) is 4.26. The minimum Gasteiger partial charge on any atom is -0.387 e. The number of aliphatic hydroxyl groups is 1. The Balaban J connectivity index is 2.57. The third-order valence-corrected chi connectivity index (χ3v) is 2.65. The lowest BCUT2D eigenvalue weighted by Gasteiger charge is -2.13. The van der Waals surface area contributed by atoms with Crippen LogP contribution >= 0.6 is 23.2 Å². The number of methoxy groups -OCH3 is 1. The molecule has 2 N–H and O–H groups in total. The monoisotopic (exact) mass is 277 g/mol. The Morgan fingerprint density at radius 2 is 2.24 bits per heavy atom. The van der Waals surface area contributed by atoms with Gasteiger partial charge in [-0.1, -0.05) is 29.3 Å². The lowest BCUT2D eigenvalue weighted by atomic mass is 10.1. The van der Waals surface area contributed by atoms with Gasteiger partial charge < -0.3 is 15.2 Å². The van der Waals surface area contributed by atoms with Crippen molar-refractivity contribution in [3.05, 3.63) is 33.8 Å². The van der Waals surface area contributed by atoms with Crippen molar-refractivity contribution < 1.29 is 14.6 Å². The lowest BCUT2D eigenvalue weighted by Crippen LogP contribution is -2.31. The molecule has 0 heterocycles. The number of rotatable bonds is 5. The summed E-state index contributed by atoms with van der Waals surface area (Å²) in [5, 5.41) is 13.2. The maximum Gasteiger partial charge on any atom is 0.246 e. The first-order chi connectivity index (χ1) is 8.04. The summed E-state index contributed by atoms with van der Waals surface area (Å²) >= 11 is 11.7. The molecule has 1 aromatic carbocycles. The van der Waals surface area contributed by atoms with Crippen molar-refractivity contribution in [1.29, 1.82) is 0 Å². The first-order valence-corrected chi connectivity index (χ1v) is 5.69. The zero-order chi connectivity index (χ0) is 12.8. The highest BCUT2D eigenvalue weighted by molar-refractivity contribution is 6.35. The number of nitrogens with one attached hydrogen (secondary N) is 1. The van der Waals surface area contributed by atoms with Crippen LogP contribution in [0.25, 0.3) is 0 Å². The van der Waals surface area contributed by atoms with E-state index in [0.717, 1.165) is 0 Å². The molecule has 0 aliphatic heterocycles. The molecule has 6 heteroatoms. The molecule has 0 aromatic heterocycles. The molecule has 0 aliphatic rings. The summed E-state index contributed by atoms with van der Waals surface area (Å²) in [5.41, 5.74) is 0.522. The third kappa shape index (κ3) is 4.52. The van der Waals surface area contributed by atoms with Crippen molar-refractivity contribution in [1.82, 2.24) is 5.32 Å². The Morgan fingerprint density at radius 3 is 2.82 bits per heavy atom. The number of ether oxygens (including phenoxy) is 1. The molecule has 0 saturated carbocycles. The number of hydrogen-bond donors (Lipinski definition) is 2. The zero-order valence-electron chi connectivity index (χ0n) is 9.24. The molecule has 94 valence electrons. The van der Waals surface area contributed by atoms with Crippen LogP contribution in [0.2, 0.25) is 10.0 Å². The number of carbonyl (C=O) groups is 1. The van der Waals surface area contributed by atoms with Gasteiger partial charge in [0.2, 0.25) is 5.91 Å². The van der Waals surface area contributed by atoms with Crippen LogP contribution in [0.5, 0.6) is 0 Å². The van der Waals surface area contributed by atoms with Crippen LogP contribution in [0.15, 0.2) is 18.2 Å². The van der Waals surface area contributed by atoms with Gasteiger partial charge in [0, 0.05) is 29.3 Å². The van der Waals surface area contributed by atoms with E-state index in [1.165, 1.54) is 7.11 Å². The third-order valence-electron chi connectivity index (χ3n) is 2.09. The predicted octanol–water partition coefficient (Wildman–Crippen LogP) is 1.79. The van der Waals surface area contributed by atoms with E-state index in [1.807, 2.05) is 0 Å². The van der Waals surface area contributed by atoms with Gasteiger partial charge in [0.15, 0.2) is 0 Å². The summed E-state index contributed by atoms with van der Waals surface area (Å²) in [6, 6.07) is 4.79. The van der Waals surface area contributed by atoms with E-state index in [9.17, 15) is 9.90 Å². The molecule has 0 fully saturated rings. The van der Waals surface area contributed by atoms with Gasteiger partial charge in [0.05, 0.1) is 6.10 Å². The van der Waals surface area contributed by atoms with Crippen molar-refractivity contribution >= 4 is 29.1 Å². The highest BCUT2D eigenvalue weighted by atomic mass is 35.5. The summed E-state index contributed by atoms with van der Waals surface area (Å²) in [4.78, 5) is 11.1. The number of benzene rings is 1. The van der Waals surface area contributed by atoms with Crippen LogP contribution in [-0.4, -0.2) is 31.3 Å². The molecule has 1 rings (SSSR count). The average Bonchev–Trinajstić information content (AvgIpc) is 2.26. The smallest absolute Gasteiger partial charge is 0.246 e. The molecule has 1 amide bonds. The van der Waals surface area contributed by atoms with Crippen LogP contribution in [0.1, 0.15) is 11.7 Å². The molecule has 0 radical (unpaired) electrons. The molecule has 17 heavy (non-hydrogen) atoms. The fraction of sp³-hybridized carbons (Fsp3) is 0.364. The standard InChI is InChI=1S/C11H13Cl2NO3/c1-17-6-11(16)14-5-10(15)8-3-2-7(12)4-9(8)13/h2-4,10,15H,5-6H2,1H3,(H,14,16). The zero-order valence-corrected chi connectivity index (χ0v) is 10.8. The van der Waals surface area contributed by atoms with Gasteiger partial charge in [-0.3, -0.25) is 4.79 Å². The number of aliphatic hydroxyl groups excluding tert-OH is 1. The van der Waals surface area contributed by atoms with Crippen LogP contribution in [-0.2, 0) is 9.53 Å². The van der Waals surface area contributed by atoms with Gasteiger partial charge in [-0.15, -0.1) is 0 Å². The Bertz CT molecular complexity index is 398. The van der Waals surface area contributed by atoms with E-state index in [2.05, 4.69) is 10.1 Å². The van der Waals surface area contributed by atoms with Crippen molar-refractivity contribution in [2.45, 2.75) is 6.10 Å². The Labute approximate surface area is 109 Å². The highest BCUT2D eigenvalue weighted by Gasteiger charge is 2.12. The number of carbonyl (C=O) groups excluding carboxylic acids is 1. The molecule has 0 spiro atoms. The molecular formula is C11H13Cl2NO3. The van der Waals surface area contributed by atoms with Gasteiger partial charge in [-0.2, -0.15) is 0 Å². The van der Waals surface area contributed by atoms with Crippen molar-refractivity contribution in [3.8, 4) is 0 Å². The van der Waals surface area contributed by atoms with Gasteiger partial charge in [0.25, 0.3) is 0 Å². The van der Waals surface area contributed by atoms with Gasteiger partial charge in [-0.25, -0.2) is 0 Å². The number of amides is 1. The first kappa shape index (κ1) is 14.3. The summed E-state index contributed by atoms with van der Waals surface area (Å²) in [6.07, 6.45) is -0.874. The van der Waals surface area contributed by atoms with E-state index in [-0.39, 0.29) is 19.1 Å². The molecule has 0 saturated heterocycles. The predicted molar refractivity (Wildman–Crippen MR) is 66.3 cm³/mol. The number of hydrogen-bond acceptors (Lipinski definition) is 3. The maximum atomic E-state index is 11.1. The van der Waals surface area contributed by atoms with Gasteiger partial charge >= 0.3 is 0 Å². The minimum atomic E-state index is -0.874. The van der Waals surface area contributed by atoms with Crippen molar-refractivity contribution in [3.63, 3.8) is 0 Å². The maximum absolute atomic E-state index is 11.1. The molecule has 0 bridgehead atoms. The van der Waals surface area contributed by atoms with Gasteiger partial charge in [0.1, 0.15) is 6.61 Å². The fourth-order valence-corrected chi connectivity index (χ4v) is 1.81. The van der Waals surface area contributed by atoms with E-state index in [0.29, 0.717) is 15.6 Å². The van der Waals surface area contributed by atoms with Crippen LogP contribution in [0.3, 0.4) is 0 Å². The van der Waals surface area contributed by atoms with Crippen LogP contribution < -0.4 is 5.32 Å². The van der Waals surface area contributed by atoms with E-state index in [1.54, 1.807) is 18.2 Å². The lowest BCUT2D eigenvalue weighted by molar-refractivity contribution is -0.125. The second kappa shape index (κ2) is 6.81. The van der Waals surface area contributed by atoms with Crippen LogP contribution in [0.4, 0.5) is 0 Å². The normalized spacial score (nSPS) is 12.2. The summed E-state index contributed by atoms with van der Waals surface area (Å²) in [7, 11) is 1.42. The summed E-state index contributed by atoms with van der Waals surface area (Å²) < 4.78 is 4.64. The van der Waals surface area contributed by atoms with E-state index < -0.39 is 6.10 Å². The highest BCUT2D eigenvalue weighted by Crippen LogP contribution is 2.25. The Morgan fingerprint density at radius 1 is 1.53 bits per heavy atom. The molecule has 1 atom stereocenters. The summed E-state index contributed by atoms with van der Waals surface area (Å²) in [5.74, 6) is -0.295. The molecular weight excluding hydrogens is 265 g/mol. The number of halogens is 2. The average molecular weight is 278 g/mol. The second-order valence-electron chi connectivity index (χ2n) is 3.42. The van der Waals surface area contributed by atoms with Crippen molar-refractivity contribution in [2.75, 3.05) is 20.3 Å². The van der Waals surface area contributed by atoms with Crippen LogP contribution in [0, 0.1) is 0 Å². The molecule has 4 nitrogen and oxygen atoms in total. The van der Waals surface area contributed by atoms with Gasteiger partial charge in [-0.05, 0) is 12.1 Å². The first-order valence-electron chi connectivity index (χ1n) is 4.93. The topological polar surface area (TPSA) is 58.6 Å². The largest absolute Gasteiger partial charge is 0.387 e. The molecule has 1 aromatic rings.